The lowest BCUT2D eigenvalue weighted by Gasteiger charge is -2.40. The highest BCUT2D eigenvalue weighted by Crippen LogP contribution is 2.34. The van der Waals surface area contributed by atoms with E-state index in [4.69, 9.17) is 4.42 Å². The van der Waals surface area contributed by atoms with Gasteiger partial charge in [-0.2, -0.15) is 22.0 Å². The summed E-state index contributed by atoms with van der Waals surface area (Å²) in [6, 6.07) is 9.02. The average molecular weight is 540 g/mol. The minimum atomic E-state index is -4.16. The van der Waals surface area contributed by atoms with E-state index in [-0.39, 0.29) is 37.2 Å². The number of benzene rings is 2. The summed E-state index contributed by atoms with van der Waals surface area (Å²) in [5.74, 6) is -4.46. The van der Waals surface area contributed by atoms with Gasteiger partial charge in [0, 0.05) is 42.9 Å². The molecule has 0 saturated carbocycles. The first-order valence-electron chi connectivity index (χ1n) is 11.4. The van der Waals surface area contributed by atoms with E-state index in [0.29, 0.717) is 12.2 Å². The zero-order valence-corrected chi connectivity index (χ0v) is 19.5. The Bertz CT molecular complexity index is 1390. The lowest BCUT2D eigenvalue weighted by atomic mass is 9.98. The fraction of sp³-hybridized carbons (Fsp3) is 0.333. The van der Waals surface area contributed by atoms with Crippen molar-refractivity contribution in [3.63, 3.8) is 0 Å². The Morgan fingerprint density at radius 1 is 0.947 bits per heavy atom. The molecule has 38 heavy (non-hydrogen) atoms. The lowest BCUT2D eigenvalue weighted by molar-refractivity contribution is -0.210. The maximum Gasteiger partial charge on any atom is 0.394 e. The zero-order chi connectivity index (χ0) is 27.0. The van der Waals surface area contributed by atoms with E-state index in [1.165, 1.54) is 4.68 Å². The van der Waals surface area contributed by atoms with Crippen molar-refractivity contribution in [3.05, 3.63) is 71.2 Å². The van der Waals surface area contributed by atoms with Gasteiger partial charge in [-0.25, -0.2) is 8.78 Å². The Morgan fingerprint density at radius 3 is 2.24 bits per heavy atom. The predicted molar refractivity (Wildman–Crippen MR) is 119 cm³/mol. The van der Waals surface area contributed by atoms with Crippen LogP contribution in [0.5, 0.6) is 0 Å². The number of aryl methyl sites for hydroxylation is 1. The van der Waals surface area contributed by atoms with Gasteiger partial charge in [0.05, 0.1) is 12.1 Å². The summed E-state index contributed by atoms with van der Waals surface area (Å²) in [7, 11) is 0. The van der Waals surface area contributed by atoms with Crippen molar-refractivity contribution >= 4 is 0 Å². The molecule has 1 saturated heterocycles. The Labute approximate surface area is 210 Å². The molecule has 0 aliphatic carbocycles. The van der Waals surface area contributed by atoms with Crippen LogP contribution in [-0.2, 0) is 19.5 Å². The highest BCUT2D eigenvalue weighted by atomic mass is 19.4. The van der Waals surface area contributed by atoms with Crippen molar-refractivity contribution in [1.29, 1.82) is 0 Å². The Morgan fingerprint density at radius 2 is 1.63 bits per heavy atom. The third-order valence-corrected chi connectivity index (χ3v) is 6.22. The van der Waals surface area contributed by atoms with E-state index in [9.17, 15) is 30.7 Å². The number of rotatable bonds is 8. The van der Waals surface area contributed by atoms with Crippen molar-refractivity contribution in [3.8, 4) is 22.7 Å². The smallest absolute Gasteiger partial charge is 0.394 e. The third kappa shape index (κ3) is 5.54. The van der Waals surface area contributed by atoms with Crippen LogP contribution in [0, 0.1) is 17.6 Å². The maximum absolute atomic E-state index is 14.6. The molecule has 5 rings (SSSR count). The van der Waals surface area contributed by atoms with E-state index in [1.807, 2.05) is 0 Å². The number of nitrogens with zero attached hydrogens (tertiary/aromatic N) is 6. The van der Waals surface area contributed by atoms with Crippen LogP contribution in [0.1, 0.15) is 23.4 Å². The van der Waals surface area contributed by atoms with Crippen molar-refractivity contribution in [2.75, 3.05) is 13.1 Å². The van der Waals surface area contributed by atoms with E-state index >= 15 is 0 Å². The lowest BCUT2D eigenvalue weighted by Crippen LogP contribution is -2.52. The molecule has 1 aliphatic heterocycles. The van der Waals surface area contributed by atoms with Gasteiger partial charge in [-0.1, -0.05) is 29.5 Å². The fourth-order valence-electron chi connectivity index (χ4n) is 4.12. The molecule has 0 radical (unpaired) electrons. The number of aromatic nitrogens is 5. The number of hydrogen-bond donors (Lipinski definition) is 0. The van der Waals surface area contributed by atoms with Crippen LogP contribution in [0.4, 0.5) is 30.7 Å². The second-order valence-corrected chi connectivity index (χ2v) is 8.91. The molecule has 200 valence electrons. The largest absolute Gasteiger partial charge is 0.415 e. The van der Waals surface area contributed by atoms with Gasteiger partial charge in [-0.15, -0.1) is 15.3 Å². The summed E-state index contributed by atoms with van der Waals surface area (Å²) in [5, 5.41) is 14.6. The van der Waals surface area contributed by atoms with Crippen LogP contribution in [0.15, 0.2) is 47.0 Å². The molecule has 2 aromatic carbocycles. The van der Waals surface area contributed by atoms with Crippen LogP contribution in [0.25, 0.3) is 22.7 Å². The summed E-state index contributed by atoms with van der Waals surface area (Å²) in [6.45, 7) is 0.485. The Hall–Kier alpha value is -3.81. The second kappa shape index (κ2) is 10.2. The Kier molecular flexibility index (Phi) is 6.90. The van der Waals surface area contributed by atoms with Crippen LogP contribution >= 0.6 is 0 Å². The molecule has 4 aromatic rings. The van der Waals surface area contributed by atoms with Gasteiger partial charge >= 0.3 is 12.6 Å². The number of halogens is 7. The molecule has 0 amide bonds. The number of likely N-dealkylation sites (tertiary alicyclic amines) is 1. The normalized spacial score (nSPS) is 14.8. The summed E-state index contributed by atoms with van der Waals surface area (Å²) in [4.78, 5) is 1.72. The van der Waals surface area contributed by atoms with Crippen LogP contribution in [0.2, 0.25) is 0 Å². The zero-order valence-electron chi connectivity index (χ0n) is 19.5. The van der Waals surface area contributed by atoms with Crippen LogP contribution in [-0.4, -0.2) is 49.4 Å². The standard InChI is InChI=1S/C24H19F7N6O/c25-18-7-15(22-33-34-23(38-22)21(27)28)8-19(26)17(18)5-6-37-12-20(32-35-37)14-3-1-13(2-4-14)9-36-10-16(11-36)24(29,30)31/h1-4,7-8,12,16,21H,5-6,9-11H2. The van der Waals surface area contributed by atoms with Gasteiger partial charge in [0.15, 0.2) is 0 Å². The molecule has 3 heterocycles. The van der Waals surface area contributed by atoms with Crippen molar-refractivity contribution in [2.24, 2.45) is 5.92 Å². The minimum Gasteiger partial charge on any atom is -0.415 e. The maximum atomic E-state index is 14.6. The van der Waals surface area contributed by atoms with Gasteiger partial charge < -0.3 is 4.42 Å². The molecule has 2 aromatic heterocycles. The Balaban J connectivity index is 1.19. The molecule has 0 N–H and O–H groups in total. The topological polar surface area (TPSA) is 72.9 Å². The van der Waals surface area contributed by atoms with Crippen LogP contribution < -0.4 is 0 Å². The first kappa shape index (κ1) is 25.8. The molecule has 0 atom stereocenters. The van der Waals surface area contributed by atoms with Crippen molar-refractivity contribution in [1.82, 2.24) is 30.1 Å². The first-order valence-corrected chi connectivity index (χ1v) is 11.4. The van der Waals surface area contributed by atoms with E-state index in [2.05, 4.69) is 20.5 Å². The number of alkyl halides is 5. The van der Waals surface area contributed by atoms with Gasteiger partial charge in [-0.3, -0.25) is 9.58 Å². The van der Waals surface area contributed by atoms with Gasteiger partial charge in [0.1, 0.15) is 17.3 Å². The molecular weight excluding hydrogens is 521 g/mol. The molecular formula is C24H19F7N6O. The van der Waals surface area contributed by atoms with Crippen LogP contribution in [0.3, 0.4) is 0 Å². The second-order valence-electron chi connectivity index (χ2n) is 8.91. The monoisotopic (exact) mass is 540 g/mol. The average Bonchev–Trinajstić information content (AvgIpc) is 3.50. The molecule has 7 nitrogen and oxygen atoms in total. The molecule has 0 bridgehead atoms. The summed E-state index contributed by atoms with van der Waals surface area (Å²) >= 11 is 0. The van der Waals surface area contributed by atoms with E-state index in [1.54, 1.807) is 35.4 Å². The molecule has 1 fully saturated rings. The quantitative estimate of drug-likeness (QED) is 0.277. The SMILES string of the molecule is Fc1cc(-c2nnc(C(F)F)o2)cc(F)c1CCn1cc(-c2ccc(CN3CC(C(F)(F)F)C3)cc2)nn1. The molecule has 14 heteroatoms. The summed E-state index contributed by atoms with van der Waals surface area (Å²) in [5.41, 5.74) is 1.70. The summed E-state index contributed by atoms with van der Waals surface area (Å²) < 4.78 is 98.5. The minimum absolute atomic E-state index is 0.0138. The molecule has 0 unspecified atom stereocenters. The molecule has 1 aliphatic rings. The van der Waals surface area contributed by atoms with Gasteiger partial charge in [0.25, 0.3) is 5.89 Å². The molecule has 0 spiro atoms. The van der Waals surface area contributed by atoms with E-state index in [0.717, 1.165) is 23.3 Å². The highest BCUT2D eigenvalue weighted by Gasteiger charge is 2.46. The fourth-order valence-corrected chi connectivity index (χ4v) is 4.12. The highest BCUT2D eigenvalue weighted by molar-refractivity contribution is 5.58. The van der Waals surface area contributed by atoms with Crippen molar-refractivity contribution < 1.29 is 35.2 Å². The van der Waals surface area contributed by atoms with Crippen molar-refractivity contribution in [2.45, 2.75) is 32.1 Å². The van der Waals surface area contributed by atoms with Gasteiger partial charge in [0.2, 0.25) is 5.89 Å². The number of hydrogen-bond acceptors (Lipinski definition) is 6. The third-order valence-electron chi connectivity index (χ3n) is 6.22. The van der Waals surface area contributed by atoms with Gasteiger partial charge in [-0.05, 0) is 24.1 Å². The first-order chi connectivity index (χ1) is 18.1. The summed E-state index contributed by atoms with van der Waals surface area (Å²) in [6.07, 6.45) is -5.63. The predicted octanol–water partition coefficient (Wildman–Crippen LogP) is 5.45. The van der Waals surface area contributed by atoms with E-state index < -0.39 is 41.9 Å².